The number of hydrogen-bond donors (Lipinski definition) is 0. The van der Waals surface area contributed by atoms with E-state index in [1.165, 1.54) is 12.2 Å². The van der Waals surface area contributed by atoms with Crippen LogP contribution in [0.3, 0.4) is 0 Å². The number of rotatable bonds is 12. The van der Waals surface area contributed by atoms with E-state index in [4.69, 9.17) is 8.37 Å². The fourth-order valence-corrected chi connectivity index (χ4v) is 4.46. The van der Waals surface area contributed by atoms with Gasteiger partial charge in [0.15, 0.2) is 0 Å². The van der Waals surface area contributed by atoms with Crippen LogP contribution in [0.15, 0.2) is 12.2 Å². The lowest BCUT2D eigenvalue weighted by Gasteiger charge is -2.13. The maximum Gasteiger partial charge on any atom is 0.267 e. The standard InChI is InChI=1S/C16H32O6S2/c1-13(2)9-11-23(17,18)21-15(5)7-8-16(6)22-24(19,20)12-10-14(3)4/h7-8,13-16H,9-12H2,1-6H3. The molecular weight excluding hydrogens is 352 g/mol. The predicted octanol–water partition coefficient (Wildman–Crippen LogP) is 3.10. The molecule has 144 valence electrons. The quantitative estimate of drug-likeness (QED) is 0.379. The van der Waals surface area contributed by atoms with Crippen LogP contribution >= 0.6 is 0 Å². The van der Waals surface area contributed by atoms with Gasteiger partial charge in [-0.15, -0.1) is 0 Å². The van der Waals surface area contributed by atoms with Crippen LogP contribution in [0.5, 0.6) is 0 Å². The molecular formula is C16H32O6S2. The van der Waals surface area contributed by atoms with Crippen molar-refractivity contribution in [3.05, 3.63) is 12.2 Å². The van der Waals surface area contributed by atoms with E-state index in [-0.39, 0.29) is 23.3 Å². The highest BCUT2D eigenvalue weighted by molar-refractivity contribution is 7.86. The minimum absolute atomic E-state index is 0.0293. The predicted molar refractivity (Wildman–Crippen MR) is 96.7 cm³/mol. The largest absolute Gasteiger partial charge is 0.267 e. The zero-order valence-corrected chi connectivity index (χ0v) is 17.2. The van der Waals surface area contributed by atoms with Gasteiger partial charge in [0, 0.05) is 0 Å². The molecule has 0 bridgehead atoms. The topological polar surface area (TPSA) is 86.7 Å². The Morgan fingerprint density at radius 3 is 1.21 bits per heavy atom. The van der Waals surface area contributed by atoms with Crippen LogP contribution < -0.4 is 0 Å². The van der Waals surface area contributed by atoms with Crippen LogP contribution in [0.2, 0.25) is 0 Å². The van der Waals surface area contributed by atoms with Gasteiger partial charge in [0.05, 0.1) is 23.7 Å². The second kappa shape index (κ2) is 10.5. The molecule has 0 amide bonds. The van der Waals surface area contributed by atoms with E-state index in [2.05, 4.69) is 0 Å². The van der Waals surface area contributed by atoms with Crippen molar-refractivity contribution in [3.8, 4) is 0 Å². The van der Waals surface area contributed by atoms with Crippen molar-refractivity contribution in [3.63, 3.8) is 0 Å². The Labute approximate surface area is 147 Å². The summed E-state index contributed by atoms with van der Waals surface area (Å²) in [6.07, 6.45) is 2.71. The Hall–Kier alpha value is -0.440. The summed E-state index contributed by atoms with van der Waals surface area (Å²) in [5, 5.41) is 0. The van der Waals surface area contributed by atoms with Gasteiger partial charge in [-0.1, -0.05) is 39.8 Å². The summed E-state index contributed by atoms with van der Waals surface area (Å²) in [6.45, 7) is 10.9. The van der Waals surface area contributed by atoms with Crippen LogP contribution in [0.25, 0.3) is 0 Å². The fraction of sp³-hybridized carbons (Fsp3) is 0.875. The van der Waals surface area contributed by atoms with Crippen LogP contribution in [0.4, 0.5) is 0 Å². The molecule has 0 heterocycles. The van der Waals surface area contributed by atoms with Crippen molar-refractivity contribution in [2.75, 3.05) is 11.5 Å². The molecule has 6 nitrogen and oxygen atoms in total. The van der Waals surface area contributed by atoms with Gasteiger partial charge in [0.25, 0.3) is 20.2 Å². The summed E-state index contributed by atoms with van der Waals surface area (Å²) in [4.78, 5) is 0. The Balaban J connectivity index is 4.46. The summed E-state index contributed by atoms with van der Waals surface area (Å²) in [7, 11) is -7.17. The van der Waals surface area contributed by atoms with Crippen LogP contribution in [0, 0.1) is 11.8 Å². The van der Waals surface area contributed by atoms with Gasteiger partial charge in [0.1, 0.15) is 0 Å². The molecule has 0 fully saturated rings. The van der Waals surface area contributed by atoms with Gasteiger partial charge in [-0.25, -0.2) is 0 Å². The second-order valence-electron chi connectivity index (χ2n) is 6.88. The minimum Gasteiger partial charge on any atom is -0.263 e. The third kappa shape index (κ3) is 12.9. The van der Waals surface area contributed by atoms with Crippen molar-refractivity contribution in [2.24, 2.45) is 11.8 Å². The molecule has 0 N–H and O–H groups in total. The Kier molecular flexibility index (Phi) is 10.3. The van der Waals surface area contributed by atoms with E-state index in [1.54, 1.807) is 13.8 Å². The van der Waals surface area contributed by atoms with E-state index in [0.717, 1.165) is 0 Å². The van der Waals surface area contributed by atoms with E-state index in [0.29, 0.717) is 12.8 Å². The van der Waals surface area contributed by atoms with Crippen LogP contribution in [-0.4, -0.2) is 40.5 Å². The molecule has 24 heavy (non-hydrogen) atoms. The molecule has 0 aromatic carbocycles. The third-order valence-electron chi connectivity index (χ3n) is 3.14. The molecule has 0 rings (SSSR count). The summed E-state index contributed by atoms with van der Waals surface area (Å²) in [5.41, 5.74) is 0. The monoisotopic (exact) mass is 384 g/mol. The van der Waals surface area contributed by atoms with Gasteiger partial charge in [-0.3, -0.25) is 8.37 Å². The van der Waals surface area contributed by atoms with Crippen molar-refractivity contribution >= 4 is 20.2 Å². The smallest absolute Gasteiger partial charge is 0.263 e. The van der Waals surface area contributed by atoms with Gasteiger partial charge in [0.2, 0.25) is 0 Å². The Morgan fingerprint density at radius 2 is 0.958 bits per heavy atom. The molecule has 0 aliphatic rings. The zero-order valence-electron chi connectivity index (χ0n) is 15.6. The highest BCUT2D eigenvalue weighted by Crippen LogP contribution is 2.10. The molecule has 0 aromatic heterocycles. The highest BCUT2D eigenvalue weighted by atomic mass is 32.2. The first-order valence-electron chi connectivity index (χ1n) is 8.33. The third-order valence-corrected chi connectivity index (χ3v) is 5.81. The maximum absolute atomic E-state index is 11.8. The molecule has 0 aromatic rings. The lowest BCUT2D eigenvalue weighted by molar-refractivity contribution is 0.258. The number of hydrogen-bond acceptors (Lipinski definition) is 6. The molecule has 0 saturated heterocycles. The van der Waals surface area contributed by atoms with Gasteiger partial charge >= 0.3 is 0 Å². The minimum atomic E-state index is -3.59. The molecule has 2 atom stereocenters. The Bertz CT molecular complexity index is 524. The van der Waals surface area contributed by atoms with Crippen LogP contribution in [-0.2, 0) is 28.6 Å². The zero-order chi connectivity index (χ0) is 19.0. The van der Waals surface area contributed by atoms with Gasteiger partial charge < -0.3 is 0 Å². The molecule has 0 radical (unpaired) electrons. The maximum atomic E-state index is 11.8. The van der Waals surface area contributed by atoms with E-state index in [1.807, 2.05) is 27.7 Å². The normalized spacial score (nSPS) is 16.2. The molecule has 0 aliphatic carbocycles. The average Bonchev–Trinajstić information content (AvgIpc) is 2.40. The first-order valence-corrected chi connectivity index (χ1v) is 11.5. The molecule has 0 saturated carbocycles. The average molecular weight is 385 g/mol. The van der Waals surface area contributed by atoms with E-state index >= 15 is 0 Å². The fourth-order valence-electron chi connectivity index (χ4n) is 1.70. The van der Waals surface area contributed by atoms with E-state index < -0.39 is 32.4 Å². The first-order chi connectivity index (χ1) is 10.8. The van der Waals surface area contributed by atoms with Crippen molar-refractivity contribution in [1.29, 1.82) is 0 Å². The summed E-state index contributed by atoms with van der Waals surface area (Å²) in [5.74, 6) is 0.495. The molecule has 0 spiro atoms. The van der Waals surface area contributed by atoms with Crippen molar-refractivity contribution < 1.29 is 25.2 Å². The molecule has 8 heteroatoms. The summed E-state index contributed by atoms with van der Waals surface area (Å²) in [6, 6.07) is 0. The van der Waals surface area contributed by atoms with Gasteiger partial charge in [-0.05, 0) is 38.5 Å². The second-order valence-corrected chi connectivity index (χ2v) is 10.3. The van der Waals surface area contributed by atoms with E-state index in [9.17, 15) is 16.8 Å². The van der Waals surface area contributed by atoms with Crippen molar-refractivity contribution in [1.82, 2.24) is 0 Å². The van der Waals surface area contributed by atoms with Gasteiger partial charge in [-0.2, -0.15) is 16.8 Å². The highest BCUT2D eigenvalue weighted by Gasteiger charge is 2.17. The lowest BCUT2D eigenvalue weighted by atomic mass is 10.2. The summed E-state index contributed by atoms with van der Waals surface area (Å²) >= 11 is 0. The molecule has 2 unspecified atom stereocenters. The Morgan fingerprint density at radius 1 is 0.667 bits per heavy atom. The molecule has 0 aliphatic heterocycles. The lowest BCUT2D eigenvalue weighted by Crippen LogP contribution is -2.19. The van der Waals surface area contributed by atoms with Crippen molar-refractivity contribution in [2.45, 2.75) is 66.6 Å². The SMILES string of the molecule is CC(C)CCS(=O)(=O)OC(C)C=CC(C)OS(=O)(=O)CCC(C)C. The summed E-state index contributed by atoms with van der Waals surface area (Å²) < 4.78 is 57.2. The van der Waals surface area contributed by atoms with Crippen LogP contribution in [0.1, 0.15) is 54.4 Å². The first kappa shape index (κ1) is 23.6.